The Balaban J connectivity index is 1.30. The van der Waals surface area contributed by atoms with Crippen LogP contribution in [0.2, 0.25) is 0 Å². The summed E-state index contributed by atoms with van der Waals surface area (Å²) in [4.78, 5) is 13.2. The van der Waals surface area contributed by atoms with Crippen LogP contribution >= 0.6 is 0 Å². The molecule has 4 aliphatic rings. The SMILES string of the molecule is C[C@@]1(O)CC[C@@H]2[C@H]3CC[C@]4(C)[C@@H](C(=O)Cn5cc(C#N)cn5)CC[C@H]4[C@@H]3CO[C@H]2C1. The summed E-state index contributed by atoms with van der Waals surface area (Å²) in [6.45, 7) is 5.33. The number of ether oxygens (including phenoxy) is 1. The van der Waals surface area contributed by atoms with Gasteiger partial charge in [-0.2, -0.15) is 10.4 Å². The molecule has 0 unspecified atom stereocenters. The van der Waals surface area contributed by atoms with Crippen molar-refractivity contribution < 1.29 is 14.6 Å². The van der Waals surface area contributed by atoms with Crippen molar-refractivity contribution in [2.24, 2.45) is 35.0 Å². The van der Waals surface area contributed by atoms with Gasteiger partial charge in [-0.15, -0.1) is 0 Å². The van der Waals surface area contributed by atoms with Crippen LogP contribution in [0.25, 0.3) is 0 Å². The summed E-state index contributed by atoms with van der Waals surface area (Å²) in [5, 5.41) is 23.7. The van der Waals surface area contributed by atoms with E-state index in [9.17, 15) is 9.90 Å². The number of fused-ring (bicyclic) bond motifs is 5. The highest BCUT2D eigenvalue weighted by atomic mass is 16.5. The maximum atomic E-state index is 13.2. The molecule has 1 aliphatic heterocycles. The topological polar surface area (TPSA) is 88.1 Å². The summed E-state index contributed by atoms with van der Waals surface area (Å²) < 4.78 is 7.97. The Morgan fingerprint density at radius 1 is 1.27 bits per heavy atom. The molecule has 2 heterocycles. The van der Waals surface area contributed by atoms with E-state index in [4.69, 9.17) is 10.00 Å². The van der Waals surface area contributed by atoms with Gasteiger partial charge in [-0.25, -0.2) is 0 Å². The Bertz CT molecular complexity index is 871. The molecule has 0 amide bonds. The van der Waals surface area contributed by atoms with E-state index in [-0.39, 0.29) is 29.8 Å². The first kappa shape index (κ1) is 20.2. The zero-order valence-electron chi connectivity index (χ0n) is 18.1. The molecule has 0 radical (unpaired) electrons. The predicted molar refractivity (Wildman–Crippen MR) is 110 cm³/mol. The lowest BCUT2D eigenvalue weighted by Gasteiger charge is -2.56. The van der Waals surface area contributed by atoms with E-state index in [1.807, 2.05) is 6.92 Å². The van der Waals surface area contributed by atoms with Gasteiger partial charge in [0.1, 0.15) is 6.07 Å². The molecular weight excluding hydrogens is 378 g/mol. The first-order valence-corrected chi connectivity index (χ1v) is 11.6. The number of hydrogen-bond acceptors (Lipinski definition) is 5. The third-order valence-electron chi connectivity index (χ3n) is 9.15. The lowest BCUT2D eigenvalue weighted by molar-refractivity contribution is -0.183. The molecule has 0 bridgehead atoms. The predicted octanol–water partition coefficient (Wildman–Crippen LogP) is 3.33. The Hall–Kier alpha value is -1.71. The summed E-state index contributed by atoms with van der Waals surface area (Å²) in [5.41, 5.74) is -0.0426. The number of carbonyl (C=O) groups is 1. The minimum absolute atomic E-state index is 0.0415. The third kappa shape index (κ3) is 3.22. The van der Waals surface area contributed by atoms with E-state index in [1.54, 1.807) is 10.9 Å². The second kappa shape index (κ2) is 7.17. The van der Waals surface area contributed by atoms with E-state index in [0.29, 0.717) is 29.2 Å². The Labute approximate surface area is 178 Å². The van der Waals surface area contributed by atoms with Crippen LogP contribution in [0.5, 0.6) is 0 Å². The van der Waals surface area contributed by atoms with Crippen LogP contribution in [0, 0.1) is 46.3 Å². The highest BCUT2D eigenvalue weighted by Gasteiger charge is 2.59. The normalized spacial score (nSPS) is 45.1. The van der Waals surface area contributed by atoms with E-state index in [2.05, 4.69) is 18.1 Å². The Morgan fingerprint density at radius 2 is 2.07 bits per heavy atom. The number of aliphatic hydroxyl groups is 1. The molecule has 1 N–H and O–H groups in total. The molecule has 3 saturated carbocycles. The van der Waals surface area contributed by atoms with Gasteiger partial charge in [-0.3, -0.25) is 9.48 Å². The number of rotatable bonds is 3. The second-order valence-corrected chi connectivity index (χ2v) is 10.9. The third-order valence-corrected chi connectivity index (χ3v) is 9.15. The fourth-order valence-corrected chi connectivity index (χ4v) is 7.65. The largest absolute Gasteiger partial charge is 0.390 e. The van der Waals surface area contributed by atoms with Crippen LogP contribution in [0.3, 0.4) is 0 Å². The van der Waals surface area contributed by atoms with Gasteiger partial charge < -0.3 is 9.84 Å². The Morgan fingerprint density at radius 3 is 2.83 bits per heavy atom. The Kier molecular flexibility index (Phi) is 4.83. The fraction of sp³-hybridized carbons (Fsp3) is 0.792. The van der Waals surface area contributed by atoms with Crippen LogP contribution in [0.1, 0.15) is 64.4 Å². The molecule has 162 valence electrons. The molecule has 3 aliphatic carbocycles. The molecule has 6 nitrogen and oxygen atoms in total. The number of ketones is 1. The standard InChI is InChI=1S/C24H33N3O3/c1-23(29)7-5-17-16-6-8-24(2)19(18(16)14-30-22(17)9-23)3-4-20(24)21(28)13-27-12-15(10-25)11-26-27/h11-12,16-20,22,29H,3-9,13-14H2,1-2H3/t16-,17-,18-,19+,20-,22+,23-,24+/m1/s1. The number of hydrogen-bond donors (Lipinski definition) is 1. The molecule has 8 atom stereocenters. The minimum Gasteiger partial charge on any atom is -0.390 e. The van der Waals surface area contributed by atoms with Crippen molar-refractivity contribution in [3.63, 3.8) is 0 Å². The molecule has 1 aromatic rings. The molecule has 6 heteroatoms. The first-order chi connectivity index (χ1) is 14.3. The van der Waals surface area contributed by atoms with Gasteiger partial charge in [0, 0.05) is 18.5 Å². The number of aromatic nitrogens is 2. The van der Waals surface area contributed by atoms with E-state index >= 15 is 0 Å². The van der Waals surface area contributed by atoms with Gasteiger partial charge in [-0.1, -0.05) is 6.92 Å². The maximum Gasteiger partial charge on any atom is 0.157 e. The van der Waals surface area contributed by atoms with Crippen molar-refractivity contribution in [1.82, 2.24) is 9.78 Å². The smallest absolute Gasteiger partial charge is 0.157 e. The molecule has 1 saturated heterocycles. The summed E-state index contributed by atoms with van der Waals surface area (Å²) in [7, 11) is 0. The highest BCUT2D eigenvalue weighted by molar-refractivity contribution is 5.82. The quantitative estimate of drug-likeness (QED) is 0.824. The summed E-state index contributed by atoms with van der Waals surface area (Å²) >= 11 is 0. The molecule has 5 rings (SSSR count). The maximum absolute atomic E-state index is 13.2. The summed E-state index contributed by atoms with van der Waals surface area (Å²) in [6, 6.07) is 2.08. The molecule has 0 aromatic carbocycles. The van der Waals surface area contributed by atoms with Crippen molar-refractivity contribution in [1.29, 1.82) is 5.26 Å². The van der Waals surface area contributed by atoms with Crippen LogP contribution < -0.4 is 0 Å². The van der Waals surface area contributed by atoms with Gasteiger partial charge in [0.2, 0.25) is 0 Å². The van der Waals surface area contributed by atoms with Crippen molar-refractivity contribution in [2.45, 2.75) is 77.0 Å². The molecule has 30 heavy (non-hydrogen) atoms. The second-order valence-electron chi connectivity index (χ2n) is 10.9. The average molecular weight is 412 g/mol. The van der Waals surface area contributed by atoms with Crippen LogP contribution in [-0.2, 0) is 16.1 Å². The van der Waals surface area contributed by atoms with Crippen LogP contribution in [0.15, 0.2) is 12.4 Å². The summed E-state index contributed by atoms with van der Waals surface area (Å²) in [6.07, 6.45) is 10.4. The monoisotopic (exact) mass is 411 g/mol. The number of carbonyl (C=O) groups excluding carboxylic acids is 1. The molecule has 4 fully saturated rings. The average Bonchev–Trinajstić information content (AvgIpc) is 3.30. The number of nitriles is 1. The van der Waals surface area contributed by atoms with Crippen molar-refractivity contribution in [3.05, 3.63) is 18.0 Å². The van der Waals surface area contributed by atoms with E-state index in [1.165, 1.54) is 12.6 Å². The number of nitrogens with zero attached hydrogens (tertiary/aromatic N) is 3. The first-order valence-electron chi connectivity index (χ1n) is 11.6. The lowest BCUT2D eigenvalue weighted by Crippen LogP contribution is -2.55. The molecule has 1 aromatic heterocycles. The summed E-state index contributed by atoms with van der Waals surface area (Å²) in [5.74, 6) is 2.66. The van der Waals surface area contributed by atoms with Gasteiger partial charge in [0.25, 0.3) is 0 Å². The zero-order valence-corrected chi connectivity index (χ0v) is 18.1. The van der Waals surface area contributed by atoms with Crippen LogP contribution in [0.4, 0.5) is 0 Å². The molecule has 0 spiro atoms. The van der Waals surface area contributed by atoms with Crippen molar-refractivity contribution in [3.8, 4) is 6.07 Å². The fourth-order valence-electron chi connectivity index (χ4n) is 7.65. The van der Waals surface area contributed by atoms with Crippen molar-refractivity contribution >= 4 is 5.78 Å². The van der Waals surface area contributed by atoms with Gasteiger partial charge in [0.15, 0.2) is 5.78 Å². The highest BCUT2D eigenvalue weighted by Crippen LogP contribution is 2.62. The van der Waals surface area contributed by atoms with Gasteiger partial charge >= 0.3 is 0 Å². The lowest BCUT2D eigenvalue weighted by atomic mass is 9.53. The zero-order chi connectivity index (χ0) is 21.1. The van der Waals surface area contributed by atoms with Crippen molar-refractivity contribution in [2.75, 3.05) is 6.61 Å². The number of Topliss-reactive ketones (excluding diaryl/α,β-unsaturated/α-hetero) is 1. The van der Waals surface area contributed by atoms with E-state index < -0.39 is 5.60 Å². The van der Waals surface area contributed by atoms with Crippen LogP contribution in [-0.4, -0.2) is 39.0 Å². The van der Waals surface area contributed by atoms with E-state index in [0.717, 1.165) is 45.1 Å². The minimum atomic E-state index is -0.583. The van der Waals surface area contributed by atoms with Gasteiger partial charge in [-0.05, 0) is 74.5 Å². The van der Waals surface area contributed by atoms with Gasteiger partial charge in [0.05, 0.1) is 36.6 Å². The molecular formula is C24H33N3O3.